The second-order valence-electron chi connectivity index (χ2n) is 4.65. The van der Waals surface area contributed by atoms with Gasteiger partial charge >= 0.3 is 0 Å². The molecule has 6 heteroatoms. The molecule has 0 aliphatic carbocycles. The van der Waals surface area contributed by atoms with Gasteiger partial charge in [0.25, 0.3) is 5.69 Å². The summed E-state index contributed by atoms with van der Waals surface area (Å²) in [7, 11) is 0. The summed E-state index contributed by atoms with van der Waals surface area (Å²) >= 11 is 0. The number of rotatable bonds is 4. The molecule has 0 bridgehead atoms. The van der Waals surface area contributed by atoms with Crippen LogP contribution in [-0.2, 0) is 4.79 Å². The molecule has 0 aromatic heterocycles. The fourth-order valence-electron chi connectivity index (χ4n) is 1.91. The van der Waals surface area contributed by atoms with Crippen LogP contribution < -0.4 is 11.1 Å². The third-order valence-electron chi connectivity index (χ3n) is 3.19. The van der Waals surface area contributed by atoms with Gasteiger partial charge in [-0.2, -0.15) is 0 Å². The number of benzene rings is 2. The number of nitro benzene ring substituents is 1. The minimum atomic E-state index is -0.524. The van der Waals surface area contributed by atoms with Gasteiger partial charge in [-0.05, 0) is 24.6 Å². The fourth-order valence-corrected chi connectivity index (χ4v) is 1.91. The minimum Gasteiger partial charge on any atom is -0.397 e. The van der Waals surface area contributed by atoms with Gasteiger partial charge in [0.05, 0.1) is 22.2 Å². The first-order valence-electron chi connectivity index (χ1n) is 6.38. The number of nitrogen functional groups attached to an aromatic ring is 1. The van der Waals surface area contributed by atoms with E-state index in [4.69, 9.17) is 5.73 Å². The van der Waals surface area contributed by atoms with Crippen molar-refractivity contribution in [2.75, 3.05) is 11.1 Å². The minimum absolute atomic E-state index is 0.0358. The summed E-state index contributed by atoms with van der Waals surface area (Å²) < 4.78 is 0. The fraction of sp³-hybridized carbons (Fsp3) is 0.133. The Bertz CT molecular complexity index is 685. The Hall–Kier alpha value is -2.89. The van der Waals surface area contributed by atoms with Crippen LogP contribution >= 0.6 is 0 Å². The van der Waals surface area contributed by atoms with Crippen LogP contribution in [0.2, 0.25) is 0 Å². The lowest BCUT2D eigenvalue weighted by molar-refractivity contribution is -0.384. The zero-order valence-corrected chi connectivity index (χ0v) is 11.4. The van der Waals surface area contributed by atoms with Crippen LogP contribution in [0.4, 0.5) is 17.1 Å². The van der Waals surface area contributed by atoms with Gasteiger partial charge in [0.2, 0.25) is 5.91 Å². The van der Waals surface area contributed by atoms with Crippen molar-refractivity contribution >= 4 is 23.0 Å². The van der Waals surface area contributed by atoms with E-state index in [1.54, 1.807) is 43.3 Å². The number of anilines is 2. The molecule has 0 heterocycles. The molecule has 2 rings (SSSR count). The number of nitrogens with one attached hydrogen (secondary N) is 1. The van der Waals surface area contributed by atoms with Gasteiger partial charge in [0.15, 0.2) is 0 Å². The van der Waals surface area contributed by atoms with E-state index in [-0.39, 0.29) is 11.6 Å². The number of non-ortho nitro benzene ring substituents is 1. The van der Waals surface area contributed by atoms with Crippen LogP contribution in [0.1, 0.15) is 18.4 Å². The van der Waals surface area contributed by atoms with Gasteiger partial charge in [-0.15, -0.1) is 0 Å². The highest BCUT2D eigenvalue weighted by Crippen LogP contribution is 2.24. The predicted molar refractivity (Wildman–Crippen MR) is 81.0 cm³/mol. The molecule has 21 heavy (non-hydrogen) atoms. The second-order valence-corrected chi connectivity index (χ2v) is 4.65. The SMILES string of the molecule is CC(C(=O)Nc1ccccc1N)c1cccc([N+](=O)[O-])c1. The molecule has 1 atom stereocenters. The smallest absolute Gasteiger partial charge is 0.269 e. The van der Waals surface area contributed by atoms with Crippen LogP contribution in [0.3, 0.4) is 0 Å². The van der Waals surface area contributed by atoms with Gasteiger partial charge in [0.1, 0.15) is 0 Å². The number of hydrogen-bond acceptors (Lipinski definition) is 4. The normalized spacial score (nSPS) is 11.7. The number of nitro groups is 1. The Morgan fingerprint density at radius 3 is 2.62 bits per heavy atom. The van der Waals surface area contributed by atoms with Gasteiger partial charge in [-0.3, -0.25) is 14.9 Å². The zero-order chi connectivity index (χ0) is 15.4. The topological polar surface area (TPSA) is 98.3 Å². The standard InChI is InChI=1S/C15H15N3O3/c1-10(11-5-4-6-12(9-11)18(20)21)15(19)17-14-8-3-2-7-13(14)16/h2-10H,16H2,1H3,(H,17,19). The average Bonchev–Trinajstić information content (AvgIpc) is 2.49. The highest BCUT2D eigenvalue weighted by Gasteiger charge is 2.18. The average molecular weight is 285 g/mol. The Morgan fingerprint density at radius 1 is 1.24 bits per heavy atom. The zero-order valence-electron chi connectivity index (χ0n) is 11.4. The molecule has 2 aromatic carbocycles. The maximum Gasteiger partial charge on any atom is 0.269 e. The maximum absolute atomic E-state index is 12.2. The van der Waals surface area contributed by atoms with Gasteiger partial charge in [-0.1, -0.05) is 24.3 Å². The Kier molecular flexibility index (Phi) is 4.18. The number of carbonyl (C=O) groups excluding carboxylic acids is 1. The van der Waals surface area contributed by atoms with E-state index in [0.29, 0.717) is 16.9 Å². The molecule has 108 valence electrons. The molecule has 0 saturated carbocycles. The van der Waals surface area contributed by atoms with Crippen molar-refractivity contribution in [2.45, 2.75) is 12.8 Å². The van der Waals surface area contributed by atoms with E-state index in [0.717, 1.165) is 0 Å². The summed E-state index contributed by atoms with van der Waals surface area (Å²) in [5.41, 5.74) is 7.31. The summed E-state index contributed by atoms with van der Waals surface area (Å²) in [5.74, 6) is -0.794. The highest BCUT2D eigenvalue weighted by atomic mass is 16.6. The molecule has 3 N–H and O–H groups in total. The molecule has 0 fully saturated rings. The lowest BCUT2D eigenvalue weighted by Gasteiger charge is -2.13. The summed E-state index contributed by atoms with van der Waals surface area (Å²) in [6.45, 7) is 1.69. The van der Waals surface area contributed by atoms with Crippen LogP contribution in [0.15, 0.2) is 48.5 Å². The van der Waals surface area contributed by atoms with Crippen LogP contribution in [-0.4, -0.2) is 10.8 Å². The van der Waals surface area contributed by atoms with Gasteiger partial charge in [0, 0.05) is 12.1 Å². The monoisotopic (exact) mass is 285 g/mol. The van der Waals surface area contributed by atoms with E-state index in [9.17, 15) is 14.9 Å². The van der Waals surface area contributed by atoms with E-state index in [1.165, 1.54) is 12.1 Å². The van der Waals surface area contributed by atoms with Crippen LogP contribution in [0.25, 0.3) is 0 Å². The molecular formula is C15H15N3O3. The number of para-hydroxylation sites is 2. The number of amides is 1. The van der Waals surface area contributed by atoms with Crippen molar-refractivity contribution in [1.29, 1.82) is 0 Å². The van der Waals surface area contributed by atoms with Crippen molar-refractivity contribution in [2.24, 2.45) is 0 Å². The largest absolute Gasteiger partial charge is 0.397 e. The number of carbonyl (C=O) groups is 1. The first-order valence-corrected chi connectivity index (χ1v) is 6.38. The van der Waals surface area contributed by atoms with Crippen LogP contribution in [0, 0.1) is 10.1 Å². The molecule has 1 amide bonds. The van der Waals surface area contributed by atoms with Crippen LogP contribution in [0.5, 0.6) is 0 Å². The quantitative estimate of drug-likeness (QED) is 0.512. The Labute approximate surface area is 121 Å². The number of nitrogens with two attached hydrogens (primary N) is 1. The maximum atomic E-state index is 12.2. The van der Waals surface area contributed by atoms with E-state index < -0.39 is 10.8 Å². The lowest BCUT2D eigenvalue weighted by Crippen LogP contribution is -2.19. The Balaban J connectivity index is 2.18. The second kappa shape index (κ2) is 6.04. The van der Waals surface area contributed by atoms with E-state index in [1.807, 2.05) is 0 Å². The summed E-state index contributed by atoms with van der Waals surface area (Å²) in [5, 5.41) is 13.5. The first kappa shape index (κ1) is 14.5. The van der Waals surface area contributed by atoms with Crippen molar-refractivity contribution in [1.82, 2.24) is 0 Å². The molecule has 0 spiro atoms. The van der Waals surface area contributed by atoms with Crippen molar-refractivity contribution < 1.29 is 9.72 Å². The third-order valence-corrected chi connectivity index (χ3v) is 3.19. The number of nitrogens with zero attached hydrogens (tertiary/aromatic N) is 1. The lowest BCUT2D eigenvalue weighted by atomic mass is 9.99. The molecular weight excluding hydrogens is 270 g/mol. The third kappa shape index (κ3) is 3.36. The summed E-state index contributed by atoms with van der Waals surface area (Å²) in [4.78, 5) is 22.5. The molecule has 0 radical (unpaired) electrons. The van der Waals surface area contributed by atoms with Gasteiger partial charge < -0.3 is 11.1 Å². The van der Waals surface area contributed by atoms with Crippen molar-refractivity contribution in [3.05, 3.63) is 64.2 Å². The highest BCUT2D eigenvalue weighted by molar-refractivity contribution is 5.97. The summed E-state index contributed by atoms with van der Waals surface area (Å²) in [6, 6.07) is 13.0. The molecule has 6 nitrogen and oxygen atoms in total. The Morgan fingerprint density at radius 2 is 1.95 bits per heavy atom. The summed E-state index contributed by atoms with van der Waals surface area (Å²) in [6.07, 6.45) is 0. The van der Waals surface area contributed by atoms with E-state index in [2.05, 4.69) is 5.32 Å². The molecule has 0 aliphatic rings. The molecule has 0 aliphatic heterocycles. The number of hydrogen-bond donors (Lipinski definition) is 2. The first-order chi connectivity index (χ1) is 9.99. The van der Waals surface area contributed by atoms with Gasteiger partial charge in [-0.25, -0.2) is 0 Å². The molecule has 1 unspecified atom stereocenters. The van der Waals surface area contributed by atoms with Crippen molar-refractivity contribution in [3.63, 3.8) is 0 Å². The molecule has 2 aromatic rings. The van der Waals surface area contributed by atoms with Crippen molar-refractivity contribution in [3.8, 4) is 0 Å². The van der Waals surface area contributed by atoms with E-state index >= 15 is 0 Å². The predicted octanol–water partition coefficient (Wildman–Crippen LogP) is 2.92. The molecule has 0 saturated heterocycles.